The Balaban J connectivity index is 1.74. The molecule has 1 heterocycles. The molecule has 1 amide bonds. The number of anilines is 1. The second-order valence-corrected chi connectivity index (χ2v) is 9.18. The fraction of sp³-hybridized carbons (Fsp3) is 0.381. The highest BCUT2D eigenvalue weighted by Crippen LogP contribution is 2.23. The fourth-order valence-electron chi connectivity index (χ4n) is 3.35. The van der Waals surface area contributed by atoms with Crippen LogP contribution in [0.3, 0.4) is 0 Å². The third-order valence-corrected chi connectivity index (χ3v) is 6.65. The molecule has 1 aliphatic rings. The third-order valence-electron chi connectivity index (χ3n) is 4.81. The average molecular weight is 419 g/mol. The van der Waals surface area contributed by atoms with Gasteiger partial charge in [0.2, 0.25) is 10.0 Å². The second kappa shape index (κ2) is 8.52. The summed E-state index contributed by atoms with van der Waals surface area (Å²) in [5, 5.41) is 2.78. The fourth-order valence-corrected chi connectivity index (χ4v) is 4.94. The maximum Gasteiger partial charge on any atom is 0.255 e. The summed E-state index contributed by atoms with van der Waals surface area (Å²) < 4.78 is 38.1. The number of sulfonamides is 1. The lowest BCUT2D eigenvalue weighted by Crippen LogP contribution is -2.48. The smallest absolute Gasteiger partial charge is 0.255 e. The molecule has 2 aromatic rings. The van der Waals surface area contributed by atoms with Gasteiger partial charge in [-0.3, -0.25) is 4.79 Å². The van der Waals surface area contributed by atoms with Gasteiger partial charge in [0.25, 0.3) is 5.91 Å². The number of carbonyl (C=O) groups is 1. The van der Waals surface area contributed by atoms with E-state index in [0.717, 1.165) is 5.56 Å². The molecule has 0 aliphatic carbocycles. The van der Waals surface area contributed by atoms with Gasteiger partial charge in [0, 0.05) is 24.3 Å². The van der Waals surface area contributed by atoms with Crippen LogP contribution < -0.4 is 10.1 Å². The number of rotatable bonds is 5. The Hall–Kier alpha value is -2.42. The summed E-state index contributed by atoms with van der Waals surface area (Å²) in [5.41, 5.74) is 1.91. The molecule has 3 rings (SSSR count). The van der Waals surface area contributed by atoms with E-state index in [1.54, 1.807) is 31.4 Å². The van der Waals surface area contributed by atoms with Crippen LogP contribution in [-0.4, -0.2) is 51.0 Å². The Bertz CT molecular complexity index is 979. The van der Waals surface area contributed by atoms with Crippen molar-refractivity contribution in [2.45, 2.75) is 37.9 Å². The minimum atomic E-state index is -3.61. The lowest BCUT2D eigenvalue weighted by molar-refractivity contribution is -0.0440. The molecule has 29 heavy (non-hydrogen) atoms. The molecule has 2 atom stereocenters. The second-order valence-electron chi connectivity index (χ2n) is 7.24. The first kappa shape index (κ1) is 21.3. The number of carbonyl (C=O) groups excluding carboxylic acids is 1. The zero-order chi connectivity index (χ0) is 21.2. The number of aryl methyl sites for hydroxylation is 1. The number of benzene rings is 2. The normalized spacial score (nSPS) is 20.3. The van der Waals surface area contributed by atoms with Crippen LogP contribution in [0.2, 0.25) is 0 Å². The average Bonchev–Trinajstić information content (AvgIpc) is 2.68. The predicted molar refractivity (Wildman–Crippen MR) is 111 cm³/mol. The van der Waals surface area contributed by atoms with Gasteiger partial charge in [0.15, 0.2) is 0 Å². The molecule has 156 valence electrons. The van der Waals surface area contributed by atoms with Crippen LogP contribution in [0.4, 0.5) is 5.69 Å². The molecule has 1 saturated heterocycles. The van der Waals surface area contributed by atoms with Gasteiger partial charge in [0.1, 0.15) is 5.75 Å². The van der Waals surface area contributed by atoms with Crippen molar-refractivity contribution in [2.75, 3.05) is 25.5 Å². The quantitative estimate of drug-likeness (QED) is 0.807. The maximum absolute atomic E-state index is 12.9. The third kappa shape index (κ3) is 4.77. The molecule has 0 saturated carbocycles. The molecule has 1 N–H and O–H groups in total. The van der Waals surface area contributed by atoms with E-state index in [2.05, 4.69) is 5.32 Å². The molecule has 0 spiro atoms. The Morgan fingerprint density at radius 2 is 1.72 bits per heavy atom. The largest absolute Gasteiger partial charge is 0.496 e. The highest BCUT2D eigenvalue weighted by atomic mass is 32.2. The molecule has 7 nitrogen and oxygen atoms in total. The summed E-state index contributed by atoms with van der Waals surface area (Å²) in [4.78, 5) is 12.7. The van der Waals surface area contributed by atoms with Gasteiger partial charge in [-0.25, -0.2) is 8.42 Å². The summed E-state index contributed by atoms with van der Waals surface area (Å²) in [6, 6.07) is 11.4. The molecule has 0 aromatic heterocycles. The number of nitrogens with zero attached hydrogens (tertiary/aromatic N) is 1. The highest BCUT2D eigenvalue weighted by Gasteiger charge is 2.32. The molecule has 1 aliphatic heterocycles. The van der Waals surface area contributed by atoms with Crippen molar-refractivity contribution in [1.29, 1.82) is 0 Å². The van der Waals surface area contributed by atoms with Crippen molar-refractivity contribution in [3.8, 4) is 5.75 Å². The molecule has 0 bridgehead atoms. The first-order valence-electron chi connectivity index (χ1n) is 9.42. The van der Waals surface area contributed by atoms with Crippen LogP contribution in [0, 0.1) is 6.92 Å². The molecule has 1 fully saturated rings. The van der Waals surface area contributed by atoms with E-state index in [1.807, 2.05) is 26.8 Å². The standard InChI is InChI=1S/C21H26N2O5S/c1-14-5-6-17(11-20(14)27-4)21(24)22-18-7-9-19(10-8-18)29(25,26)23-12-15(2)28-16(3)13-23/h5-11,15-16H,12-13H2,1-4H3,(H,22,24)/t15-,16-/m0/s1. The minimum Gasteiger partial charge on any atom is -0.496 e. The van der Waals surface area contributed by atoms with Gasteiger partial charge in [-0.05, 0) is 62.7 Å². The Morgan fingerprint density at radius 1 is 1.10 bits per heavy atom. The van der Waals surface area contributed by atoms with E-state index < -0.39 is 10.0 Å². The number of methoxy groups -OCH3 is 1. The molecular weight excluding hydrogens is 392 g/mol. The number of ether oxygens (including phenoxy) is 2. The minimum absolute atomic E-state index is 0.154. The van der Waals surface area contributed by atoms with Crippen LogP contribution in [0.15, 0.2) is 47.4 Å². The lowest BCUT2D eigenvalue weighted by Gasteiger charge is -2.34. The number of morpholine rings is 1. The van der Waals surface area contributed by atoms with E-state index in [4.69, 9.17) is 9.47 Å². The predicted octanol–water partition coefficient (Wildman–Crippen LogP) is 3.05. The van der Waals surface area contributed by atoms with Crippen molar-refractivity contribution in [3.63, 3.8) is 0 Å². The molecule has 8 heteroatoms. The Labute approximate surface area is 171 Å². The summed E-state index contributed by atoms with van der Waals surface area (Å²) in [6.07, 6.45) is -0.308. The lowest BCUT2D eigenvalue weighted by atomic mass is 10.1. The van der Waals surface area contributed by atoms with E-state index >= 15 is 0 Å². The molecule has 2 aromatic carbocycles. The van der Waals surface area contributed by atoms with Crippen LogP contribution >= 0.6 is 0 Å². The van der Waals surface area contributed by atoms with Crippen LogP contribution in [0.5, 0.6) is 5.75 Å². The van der Waals surface area contributed by atoms with Crippen LogP contribution in [0.25, 0.3) is 0 Å². The number of hydrogen-bond donors (Lipinski definition) is 1. The Morgan fingerprint density at radius 3 is 2.31 bits per heavy atom. The summed E-state index contributed by atoms with van der Waals surface area (Å²) in [5.74, 6) is 0.336. The number of nitrogens with one attached hydrogen (secondary N) is 1. The van der Waals surface area contributed by atoms with Gasteiger partial charge >= 0.3 is 0 Å². The highest BCUT2D eigenvalue weighted by molar-refractivity contribution is 7.89. The zero-order valence-corrected chi connectivity index (χ0v) is 17.8. The van der Waals surface area contributed by atoms with Crippen molar-refractivity contribution < 1.29 is 22.7 Å². The zero-order valence-electron chi connectivity index (χ0n) is 17.0. The first-order chi connectivity index (χ1) is 13.7. The number of amides is 1. The van der Waals surface area contributed by atoms with E-state index in [9.17, 15) is 13.2 Å². The monoisotopic (exact) mass is 418 g/mol. The van der Waals surface area contributed by atoms with E-state index in [-0.39, 0.29) is 23.0 Å². The Kier molecular flexibility index (Phi) is 6.26. The summed E-state index contributed by atoms with van der Waals surface area (Å²) in [7, 11) is -2.06. The van der Waals surface area contributed by atoms with E-state index in [1.165, 1.54) is 16.4 Å². The number of hydrogen-bond acceptors (Lipinski definition) is 5. The summed E-state index contributed by atoms with van der Waals surface area (Å²) >= 11 is 0. The maximum atomic E-state index is 12.9. The van der Waals surface area contributed by atoms with Crippen molar-refractivity contribution in [1.82, 2.24) is 4.31 Å². The van der Waals surface area contributed by atoms with Gasteiger partial charge in [-0.15, -0.1) is 0 Å². The topological polar surface area (TPSA) is 84.9 Å². The van der Waals surface area contributed by atoms with Crippen molar-refractivity contribution >= 4 is 21.6 Å². The van der Waals surface area contributed by atoms with Gasteiger partial charge < -0.3 is 14.8 Å². The molecule has 0 radical (unpaired) electrons. The van der Waals surface area contributed by atoms with Crippen LogP contribution in [0.1, 0.15) is 29.8 Å². The summed E-state index contributed by atoms with van der Waals surface area (Å²) in [6.45, 7) is 6.25. The molecule has 0 unspecified atom stereocenters. The van der Waals surface area contributed by atoms with Crippen molar-refractivity contribution in [3.05, 3.63) is 53.6 Å². The first-order valence-corrected chi connectivity index (χ1v) is 10.9. The van der Waals surface area contributed by atoms with Crippen molar-refractivity contribution in [2.24, 2.45) is 0 Å². The van der Waals surface area contributed by atoms with Crippen LogP contribution in [-0.2, 0) is 14.8 Å². The van der Waals surface area contributed by atoms with Gasteiger partial charge in [0.05, 0.1) is 24.2 Å². The van der Waals surface area contributed by atoms with E-state index in [0.29, 0.717) is 30.1 Å². The molecular formula is C21H26N2O5S. The SMILES string of the molecule is COc1cc(C(=O)Nc2ccc(S(=O)(=O)N3C[C@H](C)O[C@@H](C)C3)cc2)ccc1C. The van der Waals surface area contributed by atoms with Gasteiger partial charge in [-0.2, -0.15) is 4.31 Å². The van der Waals surface area contributed by atoms with Gasteiger partial charge in [-0.1, -0.05) is 6.07 Å².